The molecule has 1 aliphatic rings. The van der Waals surface area contributed by atoms with Crippen molar-refractivity contribution in [3.8, 4) is 5.75 Å². The van der Waals surface area contributed by atoms with Crippen LogP contribution in [-0.2, 0) is 24.1 Å². The Kier molecular flexibility index (Phi) is 5.39. The molecule has 0 saturated heterocycles. The van der Waals surface area contributed by atoms with Gasteiger partial charge in [0, 0.05) is 24.2 Å². The van der Waals surface area contributed by atoms with Gasteiger partial charge < -0.3 is 15.7 Å². The molecule has 4 heteroatoms. The molecule has 0 radical (unpaired) electrons. The Morgan fingerprint density at radius 1 is 1.27 bits per heavy atom. The fourth-order valence-corrected chi connectivity index (χ4v) is 3.00. The second-order valence-electron chi connectivity index (χ2n) is 5.53. The molecular weight excluding hydrogens is 276 g/mol. The van der Waals surface area contributed by atoms with Gasteiger partial charge in [0.1, 0.15) is 5.75 Å². The summed E-state index contributed by atoms with van der Waals surface area (Å²) in [7, 11) is 0. The number of carbonyl (C=O) groups is 1. The third-order valence-electron chi connectivity index (χ3n) is 4.05. The first-order chi connectivity index (χ1) is 10.6. The van der Waals surface area contributed by atoms with Gasteiger partial charge in [-0.05, 0) is 49.4 Å². The van der Waals surface area contributed by atoms with Crippen molar-refractivity contribution < 1.29 is 9.90 Å². The van der Waals surface area contributed by atoms with E-state index in [0.717, 1.165) is 28.8 Å². The molecule has 1 aliphatic heterocycles. The van der Waals surface area contributed by atoms with Gasteiger partial charge in [-0.25, -0.2) is 0 Å². The Labute approximate surface area is 131 Å². The van der Waals surface area contributed by atoms with Crippen molar-refractivity contribution in [3.05, 3.63) is 48.1 Å². The number of carbonyl (C=O) groups excluding carboxylic acids is 1. The SMILES string of the molecule is C=CCc1cc2c(c(CC=C)c1O)CCC(=O)N2CCCN. The Balaban J connectivity index is 2.56. The third kappa shape index (κ3) is 3.07. The molecular formula is C18H24N2O2. The molecule has 0 aromatic heterocycles. The molecule has 4 nitrogen and oxygen atoms in total. The Hall–Kier alpha value is -2.07. The van der Waals surface area contributed by atoms with Gasteiger partial charge in [-0.2, -0.15) is 0 Å². The molecule has 0 unspecified atom stereocenters. The van der Waals surface area contributed by atoms with Crippen molar-refractivity contribution in [2.45, 2.75) is 32.1 Å². The summed E-state index contributed by atoms with van der Waals surface area (Å²) in [5.74, 6) is 0.437. The largest absolute Gasteiger partial charge is 0.507 e. The zero-order chi connectivity index (χ0) is 16.1. The van der Waals surface area contributed by atoms with Crippen molar-refractivity contribution in [1.29, 1.82) is 0 Å². The number of phenolic OH excluding ortho intramolecular Hbond substituents is 1. The van der Waals surface area contributed by atoms with Crippen LogP contribution in [0.25, 0.3) is 0 Å². The lowest BCUT2D eigenvalue weighted by Crippen LogP contribution is -2.37. The molecule has 1 heterocycles. The summed E-state index contributed by atoms with van der Waals surface area (Å²) in [6.45, 7) is 8.69. The van der Waals surface area contributed by atoms with Crippen LogP contribution < -0.4 is 10.6 Å². The number of rotatable bonds is 7. The number of benzene rings is 1. The molecule has 0 spiro atoms. The maximum atomic E-state index is 12.3. The topological polar surface area (TPSA) is 66.6 Å². The first kappa shape index (κ1) is 16.3. The number of nitrogens with two attached hydrogens (primary N) is 1. The lowest BCUT2D eigenvalue weighted by molar-refractivity contribution is -0.118. The van der Waals surface area contributed by atoms with Crippen LogP contribution in [0.15, 0.2) is 31.4 Å². The number of hydrogen-bond acceptors (Lipinski definition) is 3. The highest BCUT2D eigenvalue weighted by Gasteiger charge is 2.28. The van der Waals surface area contributed by atoms with E-state index >= 15 is 0 Å². The van der Waals surface area contributed by atoms with E-state index in [1.165, 1.54) is 0 Å². The smallest absolute Gasteiger partial charge is 0.227 e. The van der Waals surface area contributed by atoms with Gasteiger partial charge in [0.05, 0.1) is 0 Å². The van der Waals surface area contributed by atoms with E-state index in [2.05, 4.69) is 13.2 Å². The fraction of sp³-hybridized carbons (Fsp3) is 0.389. The summed E-state index contributed by atoms with van der Waals surface area (Å²) >= 11 is 0. The number of allylic oxidation sites excluding steroid dienone is 2. The maximum absolute atomic E-state index is 12.3. The van der Waals surface area contributed by atoms with E-state index in [-0.39, 0.29) is 5.91 Å². The van der Waals surface area contributed by atoms with Crippen LogP contribution in [0.4, 0.5) is 5.69 Å². The summed E-state index contributed by atoms with van der Waals surface area (Å²) in [5.41, 5.74) is 9.24. The number of fused-ring (bicyclic) bond motifs is 1. The number of amides is 1. The second-order valence-corrected chi connectivity index (χ2v) is 5.53. The minimum Gasteiger partial charge on any atom is -0.507 e. The van der Waals surface area contributed by atoms with E-state index < -0.39 is 0 Å². The predicted octanol–water partition coefficient (Wildman–Crippen LogP) is 2.48. The van der Waals surface area contributed by atoms with Gasteiger partial charge in [-0.3, -0.25) is 4.79 Å². The average Bonchev–Trinajstić information content (AvgIpc) is 2.51. The van der Waals surface area contributed by atoms with Crippen LogP contribution in [0.1, 0.15) is 29.5 Å². The highest BCUT2D eigenvalue weighted by molar-refractivity contribution is 5.97. The molecule has 118 valence electrons. The monoisotopic (exact) mass is 300 g/mol. The molecule has 1 aromatic carbocycles. The van der Waals surface area contributed by atoms with Crippen molar-refractivity contribution in [2.75, 3.05) is 18.0 Å². The van der Waals surface area contributed by atoms with Gasteiger partial charge in [0.25, 0.3) is 0 Å². The summed E-state index contributed by atoms with van der Waals surface area (Å²) in [4.78, 5) is 14.1. The minimum atomic E-state index is 0.126. The van der Waals surface area contributed by atoms with Crippen LogP contribution in [0.5, 0.6) is 5.75 Å². The van der Waals surface area contributed by atoms with Crippen molar-refractivity contribution in [3.63, 3.8) is 0 Å². The van der Waals surface area contributed by atoms with Gasteiger partial charge in [-0.15, -0.1) is 13.2 Å². The van der Waals surface area contributed by atoms with Crippen molar-refractivity contribution in [2.24, 2.45) is 5.73 Å². The molecule has 0 fully saturated rings. The van der Waals surface area contributed by atoms with E-state index in [1.807, 2.05) is 11.0 Å². The molecule has 0 aliphatic carbocycles. The van der Waals surface area contributed by atoms with Crippen LogP contribution in [0.2, 0.25) is 0 Å². The van der Waals surface area contributed by atoms with E-state index in [1.54, 1.807) is 12.2 Å². The minimum absolute atomic E-state index is 0.126. The van der Waals surface area contributed by atoms with E-state index in [4.69, 9.17) is 5.73 Å². The number of hydrogen-bond donors (Lipinski definition) is 2. The van der Waals surface area contributed by atoms with Gasteiger partial charge in [-0.1, -0.05) is 12.2 Å². The van der Waals surface area contributed by atoms with E-state index in [0.29, 0.717) is 44.5 Å². The standard InChI is InChI=1S/C18H24N2O2/c1-3-6-13-12-16-14(15(7-4-2)18(13)22)8-9-17(21)20(16)11-5-10-19/h3-4,12,22H,1-2,5-11,19H2. The summed E-state index contributed by atoms with van der Waals surface area (Å²) in [6.07, 6.45) is 6.61. The second kappa shape index (κ2) is 7.27. The van der Waals surface area contributed by atoms with Crippen molar-refractivity contribution in [1.82, 2.24) is 0 Å². The molecule has 22 heavy (non-hydrogen) atoms. The Morgan fingerprint density at radius 3 is 2.64 bits per heavy atom. The molecule has 0 atom stereocenters. The fourth-order valence-electron chi connectivity index (χ4n) is 3.00. The van der Waals surface area contributed by atoms with Crippen LogP contribution >= 0.6 is 0 Å². The summed E-state index contributed by atoms with van der Waals surface area (Å²) in [5, 5.41) is 10.5. The molecule has 0 bridgehead atoms. The van der Waals surface area contributed by atoms with Gasteiger partial charge >= 0.3 is 0 Å². The number of anilines is 1. The zero-order valence-electron chi connectivity index (χ0n) is 13.0. The highest BCUT2D eigenvalue weighted by atomic mass is 16.3. The zero-order valence-corrected chi connectivity index (χ0v) is 13.0. The number of phenols is 1. The van der Waals surface area contributed by atoms with Gasteiger partial charge in [0.2, 0.25) is 5.91 Å². The predicted molar refractivity (Wildman–Crippen MR) is 90.3 cm³/mol. The Morgan fingerprint density at radius 2 is 2.00 bits per heavy atom. The third-order valence-corrected chi connectivity index (χ3v) is 4.05. The molecule has 1 amide bonds. The molecule has 2 rings (SSSR count). The molecule has 0 saturated carbocycles. The lowest BCUT2D eigenvalue weighted by atomic mass is 9.90. The first-order valence-electron chi connectivity index (χ1n) is 7.72. The summed E-state index contributed by atoms with van der Waals surface area (Å²) in [6, 6.07) is 1.92. The number of aromatic hydroxyl groups is 1. The quantitative estimate of drug-likeness (QED) is 0.760. The normalized spacial score (nSPS) is 13.9. The highest BCUT2D eigenvalue weighted by Crippen LogP contribution is 2.38. The van der Waals surface area contributed by atoms with Crippen LogP contribution in [0, 0.1) is 0 Å². The lowest BCUT2D eigenvalue weighted by Gasteiger charge is -2.32. The van der Waals surface area contributed by atoms with Crippen LogP contribution in [-0.4, -0.2) is 24.1 Å². The van der Waals surface area contributed by atoms with Gasteiger partial charge in [0.15, 0.2) is 0 Å². The Bertz CT molecular complexity index is 593. The maximum Gasteiger partial charge on any atom is 0.227 e. The summed E-state index contributed by atoms with van der Waals surface area (Å²) < 4.78 is 0. The average molecular weight is 300 g/mol. The first-order valence-corrected chi connectivity index (χ1v) is 7.72. The molecule has 3 N–H and O–H groups in total. The van der Waals surface area contributed by atoms with Crippen molar-refractivity contribution >= 4 is 11.6 Å². The molecule has 1 aromatic rings. The number of nitrogens with zero attached hydrogens (tertiary/aromatic N) is 1. The van der Waals surface area contributed by atoms with Crippen LogP contribution in [0.3, 0.4) is 0 Å². The van der Waals surface area contributed by atoms with E-state index in [9.17, 15) is 9.90 Å².